The lowest BCUT2D eigenvalue weighted by Crippen LogP contribution is -2.57. The summed E-state index contributed by atoms with van der Waals surface area (Å²) in [5, 5.41) is 11.1. The van der Waals surface area contributed by atoms with Gasteiger partial charge >= 0.3 is 12.1 Å². The monoisotopic (exact) mass is 774 g/mol. The molecule has 0 heterocycles. The number of hydrogen-bond acceptors (Lipinski definition) is 7. The molecule has 0 spiro atoms. The molecule has 304 valence electrons. The molecule has 1 aromatic rings. The number of hydrogen-bond donors (Lipinski definition) is 3. The van der Waals surface area contributed by atoms with Gasteiger partial charge in [0.15, 0.2) is 0 Å². The molecule has 1 unspecified atom stereocenters. The van der Waals surface area contributed by atoms with Gasteiger partial charge in [0, 0.05) is 23.6 Å². The summed E-state index contributed by atoms with van der Waals surface area (Å²) in [5.74, 6) is -1.82. The van der Waals surface area contributed by atoms with Crippen molar-refractivity contribution >= 4 is 37.5 Å². The van der Waals surface area contributed by atoms with E-state index in [-0.39, 0.29) is 24.6 Å². The minimum absolute atomic E-state index is 0.220. The standard InChI is InChI=1S/C40H67FN6O6Si/c1-38(2,3)53-37(51)43-27-19-18-22-32(36(50)52-30-20-16-14-12-10-11-13-15-17-21-30)45-35(49)33(46-47-42)28-44-34(48)29-23-25-31(26-24-29)54(41,39(4,5)6)40(7,8)9/h23-26,30,32-33H,10-22,27-28H2,1-9H3,(H,43,51)(H,44,48)(H,45,49)/t32-,33?/m1/s1. The maximum atomic E-state index is 16.8. The first-order valence-corrected chi connectivity index (χ1v) is 21.7. The van der Waals surface area contributed by atoms with E-state index in [0.29, 0.717) is 24.6 Å². The van der Waals surface area contributed by atoms with Crippen molar-refractivity contribution in [2.75, 3.05) is 13.1 Å². The van der Waals surface area contributed by atoms with Crippen molar-refractivity contribution in [2.24, 2.45) is 5.11 Å². The fourth-order valence-corrected chi connectivity index (χ4v) is 11.8. The molecule has 0 radical (unpaired) electrons. The maximum absolute atomic E-state index is 16.8. The van der Waals surface area contributed by atoms with Crippen molar-refractivity contribution in [2.45, 2.75) is 180 Å². The van der Waals surface area contributed by atoms with Crippen molar-refractivity contribution in [3.8, 4) is 0 Å². The fourth-order valence-electron chi connectivity index (χ4n) is 7.19. The summed E-state index contributed by atoms with van der Waals surface area (Å²) in [5.41, 5.74) is 8.92. The number of benzene rings is 1. The Balaban J connectivity index is 2.15. The van der Waals surface area contributed by atoms with Crippen LogP contribution in [-0.4, -0.2) is 69.2 Å². The third-order valence-corrected chi connectivity index (χ3v) is 15.1. The third-order valence-electron chi connectivity index (χ3n) is 9.84. The second kappa shape index (κ2) is 21.4. The van der Waals surface area contributed by atoms with Crippen LogP contribution in [0.3, 0.4) is 0 Å². The summed E-state index contributed by atoms with van der Waals surface area (Å²) >= 11 is 0. The molecule has 0 aromatic heterocycles. The number of unbranched alkanes of at least 4 members (excludes halogenated alkanes) is 1. The van der Waals surface area contributed by atoms with E-state index in [2.05, 4.69) is 26.0 Å². The Morgan fingerprint density at radius 1 is 0.852 bits per heavy atom. The van der Waals surface area contributed by atoms with Crippen LogP contribution in [0.4, 0.5) is 8.90 Å². The Morgan fingerprint density at radius 3 is 1.89 bits per heavy atom. The van der Waals surface area contributed by atoms with Gasteiger partial charge in [-0.05, 0) is 98.6 Å². The van der Waals surface area contributed by atoms with E-state index in [0.717, 1.165) is 51.4 Å². The molecule has 1 aromatic carbocycles. The van der Waals surface area contributed by atoms with Gasteiger partial charge in [0.2, 0.25) is 5.91 Å². The highest BCUT2D eigenvalue weighted by Gasteiger charge is 2.56. The molecule has 12 nitrogen and oxygen atoms in total. The lowest BCUT2D eigenvalue weighted by Gasteiger charge is -2.44. The largest absolute Gasteiger partial charge is 0.461 e. The molecule has 1 aliphatic rings. The average molecular weight is 775 g/mol. The first-order valence-electron chi connectivity index (χ1n) is 19.8. The van der Waals surface area contributed by atoms with Crippen LogP contribution in [-0.2, 0) is 19.1 Å². The highest BCUT2D eigenvalue weighted by Crippen LogP contribution is 2.51. The number of esters is 1. The molecule has 1 aliphatic carbocycles. The van der Waals surface area contributed by atoms with E-state index < -0.39 is 60.0 Å². The summed E-state index contributed by atoms with van der Waals surface area (Å²) < 4.78 is 28.1. The van der Waals surface area contributed by atoms with Gasteiger partial charge in [-0.25, -0.2) is 9.59 Å². The Kier molecular flexibility index (Phi) is 18.5. The zero-order chi connectivity index (χ0) is 40.6. The van der Waals surface area contributed by atoms with Gasteiger partial charge in [-0.15, -0.1) is 0 Å². The molecule has 0 saturated heterocycles. The minimum Gasteiger partial charge on any atom is -0.461 e. The quantitative estimate of drug-likeness (QED) is 0.0324. The first-order chi connectivity index (χ1) is 25.2. The van der Waals surface area contributed by atoms with Gasteiger partial charge in [-0.2, -0.15) is 0 Å². The van der Waals surface area contributed by atoms with Crippen molar-refractivity contribution < 1.29 is 32.8 Å². The van der Waals surface area contributed by atoms with Crippen molar-refractivity contribution in [3.05, 3.63) is 40.3 Å². The van der Waals surface area contributed by atoms with Crippen LogP contribution in [0.1, 0.15) is 156 Å². The number of nitrogens with zero attached hydrogens (tertiary/aromatic N) is 3. The topological polar surface area (TPSA) is 172 Å². The van der Waals surface area contributed by atoms with Crippen LogP contribution in [0, 0.1) is 0 Å². The number of nitrogens with one attached hydrogen (secondary N) is 3. The molecule has 3 amide bonds. The summed E-state index contributed by atoms with van der Waals surface area (Å²) in [6.45, 7) is 16.7. The Hall–Kier alpha value is -3.64. The number of rotatable bonds is 14. The Labute approximate surface area is 323 Å². The van der Waals surface area contributed by atoms with E-state index in [1.54, 1.807) is 45.0 Å². The smallest absolute Gasteiger partial charge is 0.407 e. The lowest BCUT2D eigenvalue weighted by molar-refractivity contribution is -0.154. The van der Waals surface area contributed by atoms with Gasteiger partial charge in [-0.3, -0.25) is 9.59 Å². The first kappa shape index (κ1) is 46.5. The molecule has 14 heteroatoms. The number of ether oxygens (including phenoxy) is 2. The van der Waals surface area contributed by atoms with Gasteiger partial charge in [0.25, 0.3) is 14.3 Å². The molecular weight excluding hydrogens is 708 g/mol. The third kappa shape index (κ3) is 15.2. The van der Waals surface area contributed by atoms with Crippen molar-refractivity contribution in [1.29, 1.82) is 0 Å². The summed E-state index contributed by atoms with van der Waals surface area (Å²) in [6, 6.07) is 4.07. The van der Waals surface area contributed by atoms with Crippen LogP contribution in [0.2, 0.25) is 10.1 Å². The maximum Gasteiger partial charge on any atom is 0.407 e. The van der Waals surface area contributed by atoms with E-state index >= 15 is 4.11 Å². The predicted octanol–water partition coefficient (Wildman–Crippen LogP) is 8.82. The second-order valence-electron chi connectivity index (χ2n) is 17.6. The number of halogens is 1. The zero-order valence-electron chi connectivity index (χ0n) is 34.3. The zero-order valence-corrected chi connectivity index (χ0v) is 35.3. The van der Waals surface area contributed by atoms with E-state index in [4.69, 9.17) is 9.47 Å². The Bertz CT molecular complexity index is 1390. The van der Waals surface area contributed by atoms with Crippen LogP contribution < -0.4 is 21.1 Å². The van der Waals surface area contributed by atoms with E-state index in [1.165, 1.54) is 12.8 Å². The fraction of sp³-hybridized carbons (Fsp3) is 0.750. The molecule has 0 aliphatic heterocycles. The molecule has 1 fully saturated rings. The van der Waals surface area contributed by atoms with E-state index in [1.807, 2.05) is 41.5 Å². The molecule has 0 bridgehead atoms. The van der Waals surface area contributed by atoms with Gasteiger partial charge in [0.05, 0.1) is 0 Å². The number of carbonyl (C=O) groups excluding carboxylic acids is 4. The number of carbonyl (C=O) groups is 4. The van der Waals surface area contributed by atoms with Crippen molar-refractivity contribution in [1.82, 2.24) is 16.0 Å². The number of azide groups is 1. The van der Waals surface area contributed by atoms with Gasteiger partial charge in [-0.1, -0.05) is 97.3 Å². The molecule has 1 saturated carbocycles. The lowest BCUT2D eigenvalue weighted by atomic mass is 10.0. The molecule has 54 heavy (non-hydrogen) atoms. The van der Waals surface area contributed by atoms with Crippen LogP contribution in [0.15, 0.2) is 29.4 Å². The highest BCUT2D eigenvalue weighted by atomic mass is 28.4. The predicted molar refractivity (Wildman–Crippen MR) is 214 cm³/mol. The van der Waals surface area contributed by atoms with Crippen LogP contribution in [0.5, 0.6) is 0 Å². The van der Waals surface area contributed by atoms with E-state index in [9.17, 15) is 24.7 Å². The van der Waals surface area contributed by atoms with Gasteiger partial charge in [0.1, 0.15) is 23.8 Å². The number of amides is 3. The highest BCUT2D eigenvalue weighted by molar-refractivity contribution is 6.90. The number of alkyl carbamates (subject to hydrolysis) is 1. The SMILES string of the molecule is CC(C)(C)OC(=O)NCCCC[C@@H](NC(=O)C(CNC(=O)c1ccc([Si](F)(C(C)(C)C)C(C)(C)C)cc1)N=[N+]=[N-])C(=O)OC1CCCCCCCCCC1. The minimum atomic E-state index is -3.53. The molecular formula is C40H67FN6O6Si. The summed E-state index contributed by atoms with van der Waals surface area (Å²) in [4.78, 5) is 55.2. The average Bonchev–Trinajstić information content (AvgIpc) is 3.13. The second-order valence-corrected chi connectivity index (χ2v) is 22.5. The summed E-state index contributed by atoms with van der Waals surface area (Å²) in [7, 11) is -3.53. The molecule has 2 rings (SSSR count). The van der Waals surface area contributed by atoms with Crippen LogP contribution >= 0.6 is 0 Å². The van der Waals surface area contributed by atoms with Gasteiger partial charge < -0.3 is 29.5 Å². The Morgan fingerprint density at radius 2 is 1.39 bits per heavy atom. The van der Waals surface area contributed by atoms with Crippen molar-refractivity contribution in [3.63, 3.8) is 0 Å². The van der Waals surface area contributed by atoms with Crippen LogP contribution in [0.25, 0.3) is 10.4 Å². The summed E-state index contributed by atoms with van der Waals surface area (Å²) in [6.07, 6.45) is 10.7. The molecule has 3 N–H and O–H groups in total. The normalized spacial score (nSPS) is 16.4. The molecule has 2 atom stereocenters.